The van der Waals surface area contributed by atoms with Crippen LogP contribution in [0, 0.1) is 13.8 Å². The largest absolute Gasteiger partial charge is 0.307 e. The van der Waals surface area contributed by atoms with Crippen molar-refractivity contribution >= 4 is 28.7 Å². The van der Waals surface area contributed by atoms with Gasteiger partial charge in [0, 0.05) is 21.2 Å². The Balaban J connectivity index is 2.27. The number of benzene rings is 1. The summed E-state index contributed by atoms with van der Waals surface area (Å²) < 4.78 is 1.51. The molecule has 0 saturated heterocycles. The number of thiazole rings is 1. The van der Waals surface area contributed by atoms with Crippen molar-refractivity contribution in [1.29, 1.82) is 0 Å². The molecule has 0 bridgehead atoms. The number of nitrogens with zero attached hydrogens (tertiary/aromatic N) is 1. The number of halogens is 1. The van der Waals surface area contributed by atoms with Crippen LogP contribution in [-0.4, -0.2) is 10.4 Å². The highest BCUT2D eigenvalue weighted by Crippen LogP contribution is 2.13. The van der Waals surface area contributed by atoms with Crippen molar-refractivity contribution in [2.45, 2.75) is 20.4 Å². The highest BCUT2D eigenvalue weighted by molar-refractivity contribution is 7.09. The first kappa shape index (κ1) is 13.1. The third-order valence-electron chi connectivity index (χ3n) is 2.84. The van der Waals surface area contributed by atoms with E-state index in [0.717, 1.165) is 10.6 Å². The average Bonchev–Trinajstić information content (AvgIpc) is 2.57. The zero-order chi connectivity index (χ0) is 13.3. The summed E-state index contributed by atoms with van der Waals surface area (Å²) in [6.45, 7) is 3.81. The molecule has 0 aliphatic rings. The van der Waals surface area contributed by atoms with Crippen molar-refractivity contribution < 1.29 is 4.79 Å². The van der Waals surface area contributed by atoms with Crippen LogP contribution in [0.4, 0.5) is 0 Å². The predicted octanol–water partition coefficient (Wildman–Crippen LogP) is 3.06. The van der Waals surface area contributed by atoms with E-state index in [4.69, 9.17) is 11.6 Å². The van der Waals surface area contributed by atoms with Gasteiger partial charge in [-0.3, -0.25) is 14.2 Å². The molecule has 0 radical (unpaired) electrons. The number of aryl methyl sites for hydroxylation is 1. The van der Waals surface area contributed by atoms with Gasteiger partial charge in [0.15, 0.2) is 5.78 Å². The summed E-state index contributed by atoms with van der Waals surface area (Å²) in [7, 11) is 0. The molecule has 94 valence electrons. The Hall–Kier alpha value is -1.39. The van der Waals surface area contributed by atoms with Gasteiger partial charge in [0.2, 0.25) is 0 Å². The molecule has 1 heterocycles. The first-order valence-electron chi connectivity index (χ1n) is 5.44. The number of rotatable bonds is 3. The molecular formula is C13H12ClNO2S. The van der Waals surface area contributed by atoms with Crippen LogP contribution in [-0.2, 0) is 6.54 Å². The van der Waals surface area contributed by atoms with Crippen LogP contribution in [0.15, 0.2) is 29.1 Å². The van der Waals surface area contributed by atoms with E-state index in [9.17, 15) is 9.59 Å². The van der Waals surface area contributed by atoms with Crippen molar-refractivity contribution in [3.63, 3.8) is 0 Å². The molecule has 3 nitrogen and oxygen atoms in total. The quantitative estimate of drug-likeness (QED) is 0.811. The summed E-state index contributed by atoms with van der Waals surface area (Å²) in [6, 6.07) is 6.68. The molecule has 5 heteroatoms. The summed E-state index contributed by atoms with van der Waals surface area (Å²) in [6.07, 6.45) is 0. The average molecular weight is 282 g/mol. The normalized spacial score (nSPS) is 10.6. The third-order valence-corrected chi connectivity index (χ3v) is 4.09. The molecule has 2 rings (SSSR count). The molecule has 0 aliphatic carbocycles. The van der Waals surface area contributed by atoms with E-state index in [1.807, 2.05) is 13.8 Å². The number of Topliss-reactive ketones (excluding diaryl/α,β-unsaturated/α-hetero) is 1. The van der Waals surface area contributed by atoms with Crippen molar-refractivity contribution in [2.75, 3.05) is 0 Å². The second-order valence-electron chi connectivity index (χ2n) is 4.03. The van der Waals surface area contributed by atoms with Gasteiger partial charge in [-0.1, -0.05) is 22.9 Å². The second-order valence-corrected chi connectivity index (χ2v) is 5.63. The van der Waals surface area contributed by atoms with Crippen molar-refractivity contribution in [1.82, 2.24) is 4.57 Å². The van der Waals surface area contributed by atoms with Gasteiger partial charge in [-0.2, -0.15) is 0 Å². The molecule has 1 aromatic heterocycles. The number of aromatic nitrogens is 1. The molecule has 0 saturated carbocycles. The van der Waals surface area contributed by atoms with Crippen LogP contribution in [0.25, 0.3) is 0 Å². The highest BCUT2D eigenvalue weighted by Gasteiger charge is 2.12. The van der Waals surface area contributed by atoms with E-state index in [2.05, 4.69) is 0 Å². The fraction of sp³-hybridized carbons (Fsp3) is 0.231. The van der Waals surface area contributed by atoms with Gasteiger partial charge in [0.25, 0.3) is 0 Å². The number of ketones is 1. The maximum absolute atomic E-state index is 12.0. The molecule has 0 fully saturated rings. The van der Waals surface area contributed by atoms with Gasteiger partial charge >= 0.3 is 4.87 Å². The summed E-state index contributed by atoms with van der Waals surface area (Å²) in [5, 5.41) is 0.589. The predicted molar refractivity (Wildman–Crippen MR) is 73.8 cm³/mol. The molecular weight excluding hydrogens is 270 g/mol. The molecule has 0 unspecified atom stereocenters. The van der Waals surface area contributed by atoms with E-state index in [0.29, 0.717) is 10.6 Å². The Morgan fingerprint density at radius 2 is 1.89 bits per heavy atom. The molecule has 18 heavy (non-hydrogen) atoms. The van der Waals surface area contributed by atoms with Crippen molar-refractivity contribution in [2.24, 2.45) is 0 Å². The number of carbonyl (C=O) groups is 1. The van der Waals surface area contributed by atoms with Gasteiger partial charge in [0.05, 0.1) is 6.54 Å². The fourth-order valence-electron chi connectivity index (χ4n) is 1.64. The van der Waals surface area contributed by atoms with Crippen LogP contribution in [0.1, 0.15) is 20.9 Å². The van der Waals surface area contributed by atoms with Crippen molar-refractivity contribution in [3.05, 3.63) is 55.1 Å². The standard InChI is InChI=1S/C13H12ClNO2S/c1-8-9(2)18-13(17)15(8)7-12(16)10-3-5-11(14)6-4-10/h3-6H,7H2,1-2H3. The van der Waals surface area contributed by atoms with Gasteiger partial charge in [0.1, 0.15) is 0 Å². The van der Waals surface area contributed by atoms with Crippen molar-refractivity contribution in [3.8, 4) is 0 Å². The first-order valence-corrected chi connectivity index (χ1v) is 6.64. The van der Waals surface area contributed by atoms with Crippen LogP contribution in [0.5, 0.6) is 0 Å². The third kappa shape index (κ3) is 2.54. The molecule has 1 aromatic carbocycles. The van der Waals surface area contributed by atoms with E-state index < -0.39 is 0 Å². The second kappa shape index (κ2) is 5.08. The maximum Gasteiger partial charge on any atom is 0.307 e. The lowest BCUT2D eigenvalue weighted by Crippen LogP contribution is -2.20. The van der Waals surface area contributed by atoms with E-state index >= 15 is 0 Å². The van der Waals surface area contributed by atoms with Gasteiger partial charge in [-0.25, -0.2) is 0 Å². The van der Waals surface area contributed by atoms with E-state index in [-0.39, 0.29) is 17.2 Å². The Morgan fingerprint density at radius 1 is 1.28 bits per heavy atom. The number of carbonyl (C=O) groups excluding carboxylic acids is 1. The summed E-state index contributed by atoms with van der Waals surface area (Å²) in [4.78, 5) is 24.6. The SMILES string of the molecule is Cc1sc(=O)n(CC(=O)c2ccc(Cl)cc2)c1C. The number of hydrogen-bond donors (Lipinski definition) is 0. The topological polar surface area (TPSA) is 39.1 Å². The van der Waals surface area contributed by atoms with Crippen LogP contribution >= 0.6 is 22.9 Å². The Labute approximate surface area is 114 Å². The smallest absolute Gasteiger partial charge is 0.295 e. The summed E-state index contributed by atoms with van der Waals surface area (Å²) in [5.41, 5.74) is 1.42. The molecule has 0 spiro atoms. The lowest BCUT2D eigenvalue weighted by Gasteiger charge is -2.04. The first-order chi connectivity index (χ1) is 8.49. The van der Waals surface area contributed by atoms with E-state index in [1.165, 1.54) is 15.9 Å². The minimum absolute atomic E-state index is 0.0800. The molecule has 0 N–H and O–H groups in total. The molecule has 0 amide bonds. The fourth-order valence-corrected chi connectivity index (χ4v) is 2.60. The maximum atomic E-state index is 12.0. The van der Waals surface area contributed by atoms with Gasteiger partial charge in [-0.05, 0) is 38.1 Å². The van der Waals surface area contributed by atoms with Gasteiger partial charge in [-0.15, -0.1) is 0 Å². The summed E-state index contributed by atoms with van der Waals surface area (Å²) >= 11 is 6.94. The van der Waals surface area contributed by atoms with Crippen LogP contribution in [0.3, 0.4) is 0 Å². The highest BCUT2D eigenvalue weighted by atomic mass is 35.5. The molecule has 2 aromatic rings. The Kier molecular flexibility index (Phi) is 3.68. The van der Waals surface area contributed by atoms with Crippen LogP contribution < -0.4 is 4.87 Å². The zero-order valence-corrected chi connectivity index (χ0v) is 11.6. The molecule has 0 aliphatic heterocycles. The minimum Gasteiger partial charge on any atom is -0.295 e. The minimum atomic E-state index is -0.0905. The summed E-state index contributed by atoms with van der Waals surface area (Å²) in [5.74, 6) is -0.0883. The zero-order valence-electron chi connectivity index (χ0n) is 10.1. The van der Waals surface area contributed by atoms with Crippen LogP contribution in [0.2, 0.25) is 5.02 Å². The number of hydrogen-bond acceptors (Lipinski definition) is 3. The van der Waals surface area contributed by atoms with E-state index in [1.54, 1.807) is 24.3 Å². The lowest BCUT2D eigenvalue weighted by atomic mass is 10.1. The van der Waals surface area contributed by atoms with Gasteiger partial charge < -0.3 is 0 Å². The Bertz CT molecular complexity index is 640. The lowest BCUT2D eigenvalue weighted by molar-refractivity contribution is 0.0970. The molecule has 0 atom stereocenters. The Morgan fingerprint density at radius 3 is 2.39 bits per heavy atom. The monoisotopic (exact) mass is 281 g/mol.